The molecule has 0 aliphatic rings. The second-order valence-electron chi connectivity index (χ2n) is 11.1. The zero-order valence-electron chi connectivity index (χ0n) is 24.9. The Bertz CT molecular complexity index is 2100. The Balaban J connectivity index is 1.20. The lowest BCUT2D eigenvalue weighted by atomic mass is 10.0. The summed E-state index contributed by atoms with van der Waals surface area (Å²) in [6.07, 6.45) is 3.48. The number of H-pyrrole nitrogens is 2. The van der Waals surface area contributed by atoms with Crippen LogP contribution in [0.25, 0.3) is 55.7 Å². The van der Waals surface area contributed by atoms with Gasteiger partial charge in [0, 0.05) is 35.3 Å². The van der Waals surface area contributed by atoms with E-state index in [2.05, 4.69) is 20.2 Å². The number of halogens is 1. The molecule has 0 fully saturated rings. The van der Waals surface area contributed by atoms with Crippen LogP contribution in [0, 0.1) is 5.82 Å². The average molecular weight is 599 g/mol. The molecule has 0 aliphatic heterocycles. The predicted octanol–water partition coefficient (Wildman–Crippen LogP) is 7.49. The molecule has 0 atom stereocenters. The first-order valence-electron chi connectivity index (χ1n) is 14.7. The maximum Gasteiger partial charge on any atom is 0.138 e. The molecule has 0 spiro atoms. The normalized spacial score (nSPS) is 11.5. The van der Waals surface area contributed by atoms with Gasteiger partial charge in [0.15, 0.2) is 0 Å². The van der Waals surface area contributed by atoms with Gasteiger partial charge in [0.1, 0.15) is 41.7 Å². The van der Waals surface area contributed by atoms with E-state index < -0.39 is 0 Å². The van der Waals surface area contributed by atoms with Crippen LogP contribution < -0.4 is 9.47 Å². The average Bonchev–Trinajstić information content (AvgIpc) is 3.68. The number of hydrogen-bond acceptors (Lipinski definition) is 6. The van der Waals surface area contributed by atoms with Crippen molar-refractivity contribution in [3.8, 4) is 45.3 Å². The minimum atomic E-state index is -0.348. The molecule has 0 saturated heterocycles. The van der Waals surface area contributed by atoms with E-state index in [1.165, 1.54) is 12.1 Å². The molecule has 7 aromatic rings. The first-order valence-corrected chi connectivity index (χ1v) is 14.7. The van der Waals surface area contributed by atoms with Crippen molar-refractivity contribution in [2.45, 2.75) is 6.61 Å². The molecule has 7 rings (SSSR count). The number of likely N-dealkylation sites (N-methyl/N-ethyl adjacent to an activating group) is 1. The third-order valence-corrected chi connectivity index (χ3v) is 7.57. The topological polar surface area (TPSA) is 92.0 Å². The minimum Gasteiger partial charge on any atom is -0.492 e. The Labute approximate surface area is 259 Å². The van der Waals surface area contributed by atoms with E-state index >= 15 is 0 Å². The number of ether oxygens (including phenoxy) is 2. The Hall–Kier alpha value is -5.54. The van der Waals surface area contributed by atoms with Crippen LogP contribution in [0.5, 0.6) is 11.5 Å². The second kappa shape index (κ2) is 12.2. The van der Waals surface area contributed by atoms with Gasteiger partial charge in [0.05, 0.1) is 23.1 Å². The van der Waals surface area contributed by atoms with Crippen molar-refractivity contribution in [1.29, 1.82) is 0 Å². The van der Waals surface area contributed by atoms with Gasteiger partial charge in [-0.3, -0.25) is 10.1 Å². The van der Waals surface area contributed by atoms with Crippen LogP contribution in [0.2, 0.25) is 0 Å². The Kier molecular flexibility index (Phi) is 7.67. The van der Waals surface area contributed by atoms with Gasteiger partial charge in [-0.15, -0.1) is 0 Å². The third-order valence-electron chi connectivity index (χ3n) is 7.57. The van der Waals surface area contributed by atoms with Gasteiger partial charge in [-0.1, -0.05) is 42.5 Å². The van der Waals surface area contributed by atoms with Crippen molar-refractivity contribution in [3.63, 3.8) is 0 Å². The summed E-state index contributed by atoms with van der Waals surface area (Å²) in [5.41, 5.74) is 8.21. The van der Waals surface area contributed by atoms with Crippen LogP contribution in [0.4, 0.5) is 4.39 Å². The lowest BCUT2D eigenvalue weighted by Gasteiger charge is -2.12. The zero-order chi connectivity index (χ0) is 30.8. The second-order valence-corrected chi connectivity index (χ2v) is 11.1. The number of aromatic amines is 2. The van der Waals surface area contributed by atoms with Crippen LogP contribution >= 0.6 is 0 Å². The highest BCUT2D eigenvalue weighted by Gasteiger charge is 2.16. The third kappa shape index (κ3) is 6.11. The Morgan fingerprint density at radius 2 is 1.67 bits per heavy atom. The van der Waals surface area contributed by atoms with Crippen molar-refractivity contribution in [3.05, 3.63) is 115 Å². The fourth-order valence-electron chi connectivity index (χ4n) is 5.31. The van der Waals surface area contributed by atoms with Crippen LogP contribution in [0.3, 0.4) is 0 Å². The molecular formula is C36H31FN6O2. The molecule has 9 heteroatoms. The Morgan fingerprint density at radius 3 is 2.53 bits per heavy atom. The molecule has 8 nitrogen and oxygen atoms in total. The van der Waals surface area contributed by atoms with E-state index in [-0.39, 0.29) is 5.82 Å². The standard InChI is InChI=1S/C36H31FN6O2/c1-43(2)13-14-44-27-16-24(15-26(37)18-27)29-9-6-10-32-30(29)19-34(39-32)36-35-33(41-42-36)12-11-31(40-35)25-17-28(21-38-20-25)45-22-23-7-4-3-5-8-23/h3-12,15-21,39H,13-14,22H2,1-2H3,(H,41,42). The highest BCUT2D eigenvalue weighted by atomic mass is 19.1. The van der Waals surface area contributed by atoms with E-state index in [9.17, 15) is 4.39 Å². The smallest absolute Gasteiger partial charge is 0.138 e. The summed E-state index contributed by atoms with van der Waals surface area (Å²) in [6, 6.07) is 28.6. The predicted molar refractivity (Wildman–Crippen MR) is 175 cm³/mol. The van der Waals surface area contributed by atoms with Crippen LogP contribution in [-0.4, -0.2) is 57.3 Å². The van der Waals surface area contributed by atoms with Crippen LogP contribution in [0.15, 0.2) is 103 Å². The summed E-state index contributed by atoms with van der Waals surface area (Å²) >= 11 is 0. The number of rotatable bonds is 10. The molecule has 3 aromatic carbocycles. The molecule has 4 aromatic heterocycles. The monoisotopic (exact) mass is 598 g/mol. The molecular weight excluding hydrogens is 567 g/mol. The first kappa shape index (κ1) is 28.2. The van der Waals surface area contributed by atoms with Gasteiger partial charge >= 0.3 is 0 Å². The fourth-order valence-corrected chi connectivity index (χ4v) is 5.31. The number of pyridine rings is 2. The minimum absolute atomic E-state index is 0.348. The summed E-state index contributed by atoms with van der Waals surface area (Å²) in [5.74, 6) is 0.815. The molecule has 45 heavy (non-hydrogen) atoms. The number of hydrogen-bond donors (Lipinski definition) is 2. The first-order chi connectivity index (χ1) is 22.0. The van der Waals surface area contributed by atoms with Crippen molar-refractivity contribution < 1.29 is 13.9 Å². The molecule has 0 saturated carbocycles. The van der Waals surface area contributed by atoms with Gasteiger partial charge in [0.2, 0.25) is 0 Å². The highest BCUT2D eigenvalue weighted by molar-refractivity contribution is 6.00. The quantitative estimate of drug-likeness (QED) is 0.170. The molecule has 0 aliphatic carbocycles. The van der Waals surface area contributed by atoms with Crippen LogP contribution in [-0.2, 0) is 6.61 Å². The van der Waals surface area contributed by atoms with E-state index in [4.69, 9.17) is 14.5 Å². The highest BCUT2D eigenvalue weighted by Crippen LogP contribution is 2.36. The molecule has 0 bridgehead atoms. The van der Waals surface area contributed by atoms with Crippen LogP contribution in [0.1, 0.15) is 5.56 Å². The van der Waals surface area contributed by atoms with Gasteiger partial charge in [0.25, 0.3) is 0 Å². The van der Waals surface area contributed by atoms with E-state index in [0.29, 0.717) is 30.4 Å². The number of benzene rings is 3. The maximum absolute atomic E-state index is 14.7. The summed E-state index contributed by atoms with van der Waals surface area (Å²) in [4.78, 5) is 14.9. The van der Waals surface area contributed by atoms with Gasteiger partial charge in [-0.25, -0.2) is 9.37 Å². The van der Waals surface area contributed by atoms with Gasteiger partial charge < -0.3 is 19.4 Å². The Morgan fingerprint density at radius 1 is 0.800 bits per heavy atom. The number of nitrogens with one attached hydrogen (secondary N) is 2. The molecule has 224 valence electrons. The van der Waals surface area contributed by atoms with Gasteiger partial charge in [-0.2, -0.15) is 5.10 Å². The largest absolute Gasteiger partial charge is 0.492 e. The van der Waals surface area contributed by atoms with E-state index in [1.807, 2.05) is 97.9 Å². The molecule has 0 amide bonds. The van der Waals surface area contributed by atoms with Crippen molar-refractivity contribution in [2.75, 3.05) is 27.2 Å². The summed E-state index contributed by atoms with van der Waals surface area (Å²) in [5, 5.41) is 8.66. The summed E-state index contributed by atoms with van der Waals surface area (Å²) in [6.45, 7) is 1.66. The fraction of sp³-hybridized carbons (Fsp3) is 0.139. The molecule has 0 unspecified atom stereocenters. The summed E-state index contributed by atoms with van der Waals surface area (Å²) < 4.78 is 26.5. The zero-order valence-corrected chi connectivity index (χ0v) is 24.9. The van der Waals surface area contributed by atoms with Gasteiger partial charge in [-0.05, 0) is 73.3 Å². The maximum atomic E-state index is 14.7. The van der Waals surface area contributed by atoms with Crippen molar-refractivity contribution in [1.82, 2.24) is 30.0 Å². The lowest BCUT2D eigenvalue weighted by molar-refractivity contribution is 0.260. The SMILES string of the molecule is CN(C)CCOc1cc(F)cc(-c2cccc3[nH]c(-c4n[nH]c5ccc(-c6cncc(OCc7ccccc7)c6)nc45)cc23)c1. The van der Waals surface area contributed by atoms with E-state index in [1.54, 1.807) is 12.4 Å². The number of fused-ring (bicyclic) bond motifs is 2. The molecule has 0 radical (unpaired) electrons. The molecule has 2 N–H and O–H groups in total. The molecule has 4 heterocycles. The van der Waals surface area contributed by atoms with Crippen molar-refractivity contribution in [2.24, 2.45) is 0 Å². The van der Waals surface area contributed by atoms with E-state index in [0.717, 1.165) is 62.1 Å². The lowest BCUT2D eigenvalue weighted by Crippen LogP contribution is -2.19. The number of nitrogens with zero attached hydrogens (tertiary/aromatic N) is 4. The summed E-state index contributed by atoms with van der Waals surface area (Å²) in [7, 11) is 3.95. The van der Waals surface area contributed by atoms with Crippen molar-refractivity contribution >= 4 is 21.9 Å². The number of aromatic nitrogens is 5.